The molecular weight excluding hydrogens is 366 g/mol. The summed E-state index contributed by atoms with van der Waals surface area (Å²) in [5.74, 6) is 0.0271. The first-order valence-corrected chi connectivity index (χ1v) is 9.23. The Morgan fingerprint density at radius 2 is 1.79 bits per heavy atom. The van der Waals surface area contributed by atoms with Crippen molar-refractivity contribution in [2.24, 2.45) is 5.10 Å². The summed E-state index contributed by atoms with van der Waals surface area (Å²) in [6.07, 6.45) is 0.0485. The highest BCUT2D eigenvalue weighted by atomic mass is 16.5. The number of hydrogen-bond acceptors (Lipinski definition) is 4. The number of carbonyl (C=O) groups is 2. The number of nitrogens with zero attached hydrogens (tertiary/aromatic N) is 1. The summed E-state index contributed by atoms with van der Waals surface area (Å²) in [7, 11) is 1.55. The van der Waals surface area contributed by atoms with E-state index in [1.165, 1.54) is 0 Å². The molecule has 2 amide bonds. The summed E-state index contributed by atoms with van der Waals surface area (Å²) < 4.78 is 5.27. The van der Waals surface area contributed by atoms with Gasteiger partial charge in [-0.3, -0.25) is 9.59 Å². The summed E-state index contributed by atoms with van der Waals surface area (Å²) in [5.41, 5.74) is 5.17. The molecule has 0 atom stereocenters. The maximum Gasteiger partial charge on any atom is 0.271 e. The average molecular weight is 389 g/mol. The number of rotatable bonds is 6. The fourth-order valence-electron chi connectivity index (χ4n) is 3.02. The third kappa shape index (κ3) is 4.99. The number of aryl methyl sites for hydroxylation is 1. The molecule has 0 spiro atoms. The van der Waals surface area contributed by atoms with E-state index in [4.69, 9.17) is 4.74 Å². The first kappa shape index (κ1) is 20.1. The standard InChI is InChI=1S/C23H23N3O3/c1-15-11-12-21(29-3)20(13-15)24-22(27)14-16(2)25-26-23(28)19-10-6-8-17-7-4-5-9-18(17)19/h4-13H,14H2,1-3H3,(H,24,27)(H,26,28)/b25-16-. The van der Waals surface area contributed by atoms with Gasteiger partial charge in [0, 0.05) is 11.3 Å². The summed E-state index contributed by atoms with van der Waals surface area (Å²) in [6.45, 7) is 3.63. The fraction of sp³-hybridized carbons (Fsp3) is 0.174. The van der Waals surface area contributed by atoms with Crippen molar-refractivity contribution >= 4 is 34.0 Å². The van der Waals surface area contributed by atoms with Crippen molar-refractivity contribution in [1.29, 1.82) is 0 Å². The first-order chi connectivity index (χ1) is 14.0. The van der Waals surface area contributed by atoms with Gasteiger partial charge in [-0.05, 0) is 48.4 Å². The molecule has 0 radical (unpaired) electrons. The normalized spacial score (nSPS) is 11.2. The lowest BCUT2D eigenvalue weighted by Crippen LogP contribution is -2.21. The molecule has 6 heteroatoms. The third-order valence-electron chi connectivity index (χ3n) is 4.43. The predicted molar refractivity (Wildman–Crippen MR) is 116 cm³/mol. The lowest BCUT2D eigenvalue weighted by atomic mass is 10.0. The van der Waals surface area contributed by atoms with Crippen LogP contribution in [0, 0.1) is 6.92 Å². The SMILES string of the molecule is COc1ccc(C)cc1NC(=O)C/C(C)=N\NC(=O)c1cccc2ccccc12. The van der Waals surface area contributed by atoms with Crippen molar-refractivity contribution in [3.63, 3.8) is 0 Å². The molecule has 3 aromatic rings. The highest BCUT2D eigenvalue weighted by Crippen LogP contribution is 2.25. The Kier molecular flexibility index (Phi) is 6.24. The molecule has 0 bridgehead atoms. The summed E-state index contributed by atoms with van der Waals surface area (Å²) in [4.78, 5) is 24.9. The van der Waals surface area contributed by atoms with Crippen LogP contribution in [0.2, 0.25) is 0 Å². The van der Waals surface area contributed by atoms with Crippen molar-refractivity contribution in [1.82, 2.24) is 5.43 Å². The Hall–Kier alpha value is -3.67. The van der Waals surface area contributed by atoms with Gasteiger partial charge in [0.25, 0.3) is 5.91 Å². The van der Waals surface area contributed by atoms with Crippen LogP contribution >= 0.6 is 0 Å². The van der Waals surface area contributed by atoms with Gasteiger partial charge >= 0.3 is 0 Å². The second-order valence-corrected chi connectivity index (χ2v) is 6.74. The van der Waals surface area contributed by atoms with Crippen LogP contribution in [0.3, 0.4) is 0 Å². The molecule has 6 nitrogen and oxygen atoms in total. The van der Waals surface area contributed by atoms with Crippen LogP contribution in [-0.4, -0.2) is 24.6 Å². The number of fused-ring (bicyclic) bond motifs is 1. The van der Waals surface area contributed by atoms with Crippen LogP contribution in [0.1, 0.15) is 29.3 Å². The maximum atomic E-state index is 12.5. The molecule has 3 rings (SSSR count). The zero-order chi connectivity index (χ0) is 20.8. The van der Waals surface area contributed by atoms with E-state index in [-0.39, 0.29) is 18.2 Å². The summed E-state index contributed by atoms with van der Waals surface area (Å²) >= 11 is 0. The first-order valence-electron chi connectivity index (χ1n) is 9.23. The van der Waals surface area contributed by atoms with E-state index in [1.54, 1.807) is 26.2 Å². The van der Waals surface area contributed by atoms with Crippen LogP contribution < -0.4 is 15.5 Å². The Bertz CT molecular complexity index is 1080. The van der Waals surface area contributed by atoms with Gasteiger partial charge in [-0.25, -0.2) is 5.43 Å². The van der Waals surface area contributed by atoms with E-state index in [9.17, 15) is 9.59 Å². The Balaban J connectivity index is 1.65. The second-order valence-electron chi connectivity index (χ2n) is 6.74. The van der Waals surface area contributed by atoms with E-state index >= 15 is 0 Å². The minimum atomic E-state index is -0.318. The lowest BCUT2D eigenvalue weighted by molar-refractivity contribution is -0.115. The van der Waals surface area contributed by atoms with Crippen molar-refractivity contribution in [3.8, 4) is 5.75 Å². The molecule has 0 heterocycles. The van der Waals surface area contributed by atoms with Crippen LogP contribution in [0.5, 0.6) is 5.75 Å². The molecule has 29 heavy (non-hydrogen) atoms. The van der Waals surface area contributed by atoms with Crippen LogP contribution in [-0.2, 0) is 4.79 Å². The third-order valence-corrected chi connectivity index (χ3v) is 4.43. The Morgan fingerprint density at radius 1 is 1.03 bits per heavy atom. The largest absolute Gasteiger partial charge is 0.495 e. The maximum absolute atomic E-state index is 12.5. The van der Waals surface area contributed by atoms with Crippen LogP contribution in [0.25, 0.3) is 10.8 Å². The van der Waals surface area contributed by atoms with Crippen molar-refractivity contribution in [2.45, 2.75) is 20.3 Å². The summed E-state index contributed by atoms with van der Waals surface area (Å²) in [6, 6.07) is 18.7. The molecule has 0 aliphatic carbocycles. The number of ether oxygens (including phenoxy) is 1. The van der Waals surface area contributed by atoms with Gasteiger partial charge in [0.15, 0.2) is 0 Å². The number of nitrogens with one attached hydrogen (secondary N) is 2. The Morgan fingerprint density at radius 3 is 2.59 bits per heavy atom. The zero-order valence-electron chi connectivity index (χ0n) is 16.7. The zero-order valence-corrected chi connectivity index (χ0v) is 16.7. The molecule has 0 saturated heterocycles. The molecule has 0 unspecified atom stereocenters. The topological polar surface area (TPSA) is 79.8 Å². The molecule has 0 aliphatic heterocycles. The number of benzene rings is 3. The average Bonchev–Trinajstić information content (AvgIpc) is 2.71. The highest BCUT2D eigenvalue weighted by molar-refractivity contribution is 6.09. The fourth-order valence-corrected chi connectivity index (χ4v) is 3.02. The molecule has 3 aromatic carbocycles. The Labute approximate surface area is 169 Å². The minimum absolute atomic E-state index is 0.0485. The smallest absolute Gasteiger partial charge is 0.271 e. The van der Waals surface area contributed by atoms with E-state index in [2.05, 4.69) is 15.8 Å². The van der Waals surface area contributed by atoms with Crippen molar-refractivity contribution < 1.29 is 14.3 Å². The van der Waals surface area contributed by atoms with Gasteiger partial charge in [0.05, 0.1) is 19.2 Å². The van der Waals surface area contributed by atoms with Gasteiger partial charge < -0.3 is 10.1 Å². The van der Waals surface area contributed by atoms with Gasteiger partial charge in [0.1, 0.15) is 5.75 Å². The minimum Gasteiger partial charge on any atom is -0.495 e. The van der Waals surface area contributed by atoms with Gasteiger partial charge in [0.2, 0.25) is 5.91 Å². The molecular formula is C23H23N3O3. The predicted octanol–water partition coefficient (Wildman–Crippen LogP) is 4.29. The molecule has 0 fully saturated rings. The number of hydrogen-bond donors (Lipinski definition) is 2. The van der Waals surface area contributed by atoms with Crippen LogP contribution in [0.15, 0.2) is 65.8 Å². The number of carbonyl (C=O) groups excluding carboxylic acids is 2. The van der Waals surface area contributed by atoms with E-state index in [0.717, 1.165) is 16.3 Å². The molecule has 148 valence electrons. The summed E-state index contributed by atoms with van der Waals surface area (Å²) in [5, 5.41) is 8.72. The molecule has 0 aliphatic rings. The molecule has 2 N–H and O–H groups in total. The van der Waals surface area contributed by atoms with Crippen molar-refractivity contribution in [2.75, 3.05) is 12.4 Å². The van der Waals surface area contributed by atoms with Crippen LogP contribution in [0.4, 0.5) is 5.69 Å². The number of hydrazone groups is 1. The van der Waals surface area contributed by atoms with Crippen molar-refractivity contribution in [3.05, 3.63) is 71.8 Å². The molecule has 0 aromatic heterocycles. The van der Waals surface area contributed by atoms with Gasteiger partial charge in [-0.15, -0.1) is 0 Å². The number of anilines is 1. The van der Waals surface area contributed by atoms with Gasteiger partial charge in [-0.2, -0.15) is 5.10 Å². The monoisotopic (exact) mass is 389 g/mol. The lowest BCUT2D eigenvalue weighted by Gasteiger charge is -2.11. The van der Waals surface area contributed by atoms with E-state index in [1.807, 2.05) is 55.5 Å². The highest BCUT2D eigenvalue weighted by Gasteiger charge is 2.11. The number of methoxy groups -OCH3 is 1. The number of amides is 2. The van der Waals surface area contributed by atoms with E-state index < -0.39 is 0 Å². The quantitative estimate of drug-likeness (QED) is 0.487. The molecule has 0 saturated carbocycles. The van der Waals surface area contributed by atoms with Gasteiger partial charge in [-0.1, -0.05) is 42.5 Å². The van der Waals surface area contributed by atoms with E-state index in [0.29, 0.717) is 22.7 Å². The second kappa shape index (κ2) is 9.01.